The van der Waals surface area contributed by atoms with Crippen LogP contribution < -0.4 is 19.7 Å². The molecule has 6 rings (SSSR count). The number of methoxy groups -OCH3 is 1. The molecule has 4 heterocycles. The number of nitrogens with zero attached hydrogens (tertiary/aromatic N) is 9. The van der Waals surface area contributed by atoms with Gasteiger partial charge in [0, 0.05) is 76.0 Å². The molecule has 14 heteroatoms. The van der Waals surface area contributed by atoms with Gasteiger partial charge in [0.15, 0.2) is 0 Å². The summed E-state index contributed by atoms with van der Waals surface area (Å²) in [5.41, 5.74) is 3.98. The van der Waals surface area contributed by atoms with Crippen molar-refractivity contribution < 1.29 is 19.0 Å². The summed E-state index contributed by atoms with van der Waals surface area (Å²) in [6.45, 7) is 8.09. The van der Waals surface area contributed by atoms with E-state index in [0.717, 1.165) is 80.5 Å². The normalized spacial score (nSPS) is 16.5. The van der Waals surface area contributed by atoms with Crippen molar-refractivity contribution in [3.8, 4) is 22.6 Å². The molecule has 4 aromatic rings. The number of piperidine rings is 1. The lowest BCUT2D eigenvalue weighted by molar-refractivity contribution is 0.0115. The number of ether oxygens (including phenoxy) is 3. The number of hydrogen-bond donors (Lipinski definition) is 1. The van der Waals surface area contributed by atoms with E-state index in [1.165, 1.54) is 11.2 Å². The van der Waals surface area contributed by atoms with Gasteiger partial charge in [0.2, 0.25) is 5.95 Å². The van der Waals surface area contributed by atoms with Crippen LogP contribution in [0.2, 0.25) is 0 Å². The van der Waals surface area contributed by atoms with Gasteiger partial charge in [-0.1, -0.05) is 6.07 Å². The Bertz CT molecular complexity index is 1620. The second kappa shape index (κ2) is 14.7. The molecule has 14 nitrogen and oxygen atoms in total. The van der Waals surface area contributed by atoms with Crippen molar-refractivity contribution in [2.75, 3.05) is 70.8 Å². The zero-order valence-corrected chi connectivity index (χ0v) is 27.4. The summed E-state index contributed by atoms with van der Waals surface area (Å²) >= 11 is 0. The summed E-state index contributed by atoms with van der Waals surface area (Å²) in [5, 5.41) is 14.5. The predicted molar refractivity (Wildman–Crippen MR) is 177 cm³/mol. The molecular weight excluding hydrogens is 600 g/mol. The SMILES string of the molecule is COc1cc(N2CCC(N3CCOCC3)CC2)ccc1Nc1ncc(-c2ccc(C(=O)N(C)C)c(OC(C)Cn3cnnn3)c2)cn1. The molecule has 0 radical (unpaired) electrons. The summed E-state index contributed by atoms with van der Waals surface area (Å²) in [4.78, 5) is 28.6. The van der Waals surface area contributed by atoms with Crippen LogP contribution in [0.3, 0.4) is 0 Å². The van der Waals surface area contributed by atoms with Gasteiger partial charge in [-0.05, 0) is 60.0 Å². The highest BCUT2D eigenvalue weighted by Gasteiger charge is 2.26. The van der Waals surface area contributed by atoms with Crippen LogP contribution in [0, 0.1) is 0 Å². The number of amides is 1. The number of benzene rings is 2. The van der Waals surface area contributed by atoms with Crippen molar-refractivity contribution in [2.24, 2.45) is 0 Å². The maximum atomic E-state index is 12.9. The number of anilines is 3. The Kier molecular flexibility index (Phi) is 10.1. The Labute approximate surface area is 274 Å². The third kappa shape index (κ3) is 7.77. The summed E-state index contributed by atoms with van der Waals surface area (Å²) in [5.74, 6) is 1.47. The first kappa shape index (κ1) is 32.1. The highest BCUT2D eigenvalue weighted by atomic mass is 16.5. The van der Waals surface area contributed by atoms with Gasteiger partial charge in [-0.3, -0.25) is 9.69 Å². The molecule has 47 heavy (non-hydrogen) atoms. The van der Waals surface area contributed by atoms with Crippen molar-refractivity contribution in [1.82, 2.24) is 40.0 Å². The fourth-order valence-electron chi connectivity index (χ4n) is 6.07. The van der Waals surface area contributed by atoms with E-state index >= 15 is 0 Å². The second-order valence-electron chi connectivity index (χ2n) is 12.0. The molecule has 2 aromatic heterocycles. The minimum absolute atomic E-state index is 0.158. The van der Waals surface area contributed by atoms with Crippen molar-refractivity contribution in [3.05, 3.63) is 60.7 Å². The molecule has 1 N–H and O–H groups in total. The lowest BCUT2D eigenvalue weighted by Crippen LogP contribution is -2.49. The highest BCUT2D eigenvalue weighted by molar-refractivity contribution is 5.97. The van der Waals surface area contributed by atoms with Crippen molar-refractivity contribution in [2.45, 2.75) is 38.5 Å². The number of aromatic nitrogens is 6. The Balaban J connectivity index is 1.13. The molecule has 2 aliphatic rings. The van der Waals surface area contributed by atoms with Crippen molar-refractivity contribution >= 4 is 23.2 Å². The van der Waals surface area contributed by atoms with Crippen LogP contribution >= 0.6 is 0 Å². The Morgan fingerprint density at radius 1 is 1.02 bits per heavy atom. The molecule has 1 unspecified atom stereocenters. The Morgan fingerprint density at radius 2 is 1.79 bits per heavy atom. The third-order valence-electron chi connectivity index (χ3n) is 8.59. The number of carbonyl (C=O) groups is 1. The van der Waals surface area contributed by atoms with Gasteiger partial charge in [0.1, 0.15) is 23.9 Å². The lowest BCUT2D eigenvalue weighted by atomic mass is 10.0. The first-order valence-electron chi connectivity index (χ1n) is 16.0. The standard InChI is InChI=1S/C33H42N10O4/c1-23(21-43-22-36-38-39-43)47-30-17-24(5-7-28(30)32(44)40(2)3)25-19-34-33(35-20-25)37-29-8-6-27(18-31(29)45-4)41-11-9-26(10-12-41)42-13-15-46-16-14-42/h5-8,17-20,22-23,26H,9-16,21H2,1-4H3,(H,34,35,37). The maximum absolute atomic E-state index is 12.9. The molecular formula is C33H42N10O4. The molecule has 2 saturated heterocycles. The molecule has 0 saturated carbocycles. The van der Waals surface area contributed by atoms with Gasteiger partial charge < -0.3 is 29.3 Å². The van der Waals surface area contributed by atoms with E-state index in [4.69, 9.17) is 14.2 Å². The molecule has 2 fully saturated rings. The van der Waals surface area contributed by atoms with E-state index in [2.05, 4.69) is 52.7 Å². The number of tetrazole rings is 1. The number of hydrogen-bond acceptors (Lipinski definition) is 12. The zero-order valence-electron chi connectivity index (χ0n) is 27.4. The molecule has 0 spiro atoms. The molecule has 2 aromatic carbocycles. The van der Waals surface area contributed by atoms with E-state index in [1.54, 1.807) is 44.3 Å². The molecule has 2 aliphatic heterocycles. The molecule has 0 bridgehead atoms. The van der Waals surface area contributed by atoms with Crippen LogP contribution in [0.4, 0.5) is 17.3 Å². The molecule has 1 amide bonds. The summed E-state index contributed by atoms with van der Waals surface area (Å²) in [6, 6.07) is 12.3. The van der Waals surface area contributed by atoms with E-state index < -0.39 is 0 Å². The van der Waals surface area contributed by atoms with E-state index in [9.17, 15) is 4.79 Å². The van der Waals surface area contributed by atoms with Crippen LogP contribution in [-0.4, -0.2) is 119 Å². The smallest absolute Gasteiger partial charge is 0.257 e. The van der Waals surface area contributed by atoms with Crippen molar-refractivity contribution in [3.63, 3.8) is 0 Å². The number of rotatable bonds is 11. The van der Waals surface area contributed by atoms with Gasteiger partial charge in [0.05, 0.1) is 38.1 Å². The van der Waals surface area contributed by atoms with Gasteiger partial charge in [-0.15, -0.1) is 5.10 Å². The van der Waals surface area contributed by atoms with Crippen LogP contribution in [0.25, 0.3) is 11.1 Å². The van der Waals surface area contributed by atoms with Gasteiger partial charge >= 0.3 is 0 Å². The second-order valence-corrected chi connectivity index (χ2v) is 12.0. The third-order valence-corrected chi connectivity index (χ3v) is 8.59. The first-order valence-corrected chi connectivity index (χ1v) is 16.0. The van der Waals surface area contributed by atoms with Crippen LogP contribution in [0.1, 0.15) is 30.1 Å². The highest BCUT2D eigenvalue weighted by Crippen LogP contribution is 2.34. The average Bonchev–Trinajstić information content (AvgIpc) is 3.62. The summed E-state index contributed by atoms with van der Waals surface area (Å²) in [7, 11) is 5.09. The van der Waals surface area contributed by atoms with E-state index in [-0.39, 0.29) is 12.0 Å². The molecule has 1 atom stereocenters. The quantitative estimate of drug-likeness (QED) is 0.257. The zero-order chi connectivity index (χ0) is 32.8. The van der Waals surface area contributed by atoms with Gasteiger partial charge in [-0.25, -0.2) is 14.6 Å². The molecule has 248 valence electrons. The fourth-order valence-corrected chi connectivity index (χ4v) is 6.07. The van der Waals surface area contributed by atoms with Crippen molar-refractivity contribution in [1.29, 1.82) is 0 Å². The maximum Gasteiger partial charge on any atom is 0.257 e. The topological polar surface area (TPSA) is 136 Å². The Morgan fingerprint density at radius 3 is 2.47 bits per heavy atom. The Hall–Kier alpha value is -4.82. The minimum atomic E-state index is -0.298. The average molecular weight is 643 g/mol. The van der Waals surface area contributed by atoms with E-state index in [0.29, 0.717) is 29.8 Å². The lowest BCUT2D eigenvalue weighted by Gasteiger charge is -2.40. The monoisotopic (exact) mass is 642 g/mol. The van der Waals surface area contributed by atoms with Gasteiger partial charge in [-0.2, -0.15) is 0 Å². The summed E-state index contributed by atoms with van der Waals surface area (Å²) < 4.78 is 19.1. The molecule has 0 aliphatic carbocycles. The van der Waals surface area contributed by atoms with Crippen LogP contribution in [-0.2, 0) is 11.3 Å². The van der Waals surface area contributed by atoms with Crippen LogP contribution in [0.5, 0.6) is 11.5 Å². The van der Waals surface area contributed by atoms with Crippen LogP contribution in [0.15, 0.2) is 55.1 Å². The predicted octanol–water partition coefficient (Wildman–Crippen LogP) is 3.35. The number of nitrogens with one attached hydrogen (secondary N) is 1. The van der Waals surface area contributed by atoms with Gasteiger partial charge in [0.25, 0.3) is 5.91 Å². The fraction of sp³-hybridized carbons (Fsp3) is 0.455. The largest absolute Gasteiger partial charge is 0.494 e. The summed E-state index contributed by atoms with van der Waals surface area (Å²) in [6.07, 6.45) is 7.00. The minimum Gasteiger partial charge on any atom is -0.494 e. The van der Waals surface area contributed by atoms with E-state index in [1.807, 2.05) is 25.1 Å². The number of morpholine rings is 1. The number of carbonyl (C=O) groups excluding carboxylic acids is 1. The first-order chi connectivity index (χ1) is 22.9.